The van der Waals surface area contributed by atoms with Gasteiger partial charge >= 0.3 is 0 Å². The fourth-order valence-corrected chi connectivity index (χ4v) is 5.93. The lowest BCUT2D eigenvalue weighted by Crippen LogP contribution is -2.28. The van der Waals surface area contributed by atoms with E-state index in [0.717, 1.165) is 27.9 Å². The van der Waals surface area contributed by atoms with Crippen LogP contribution in [0.3, 0.4) is 0 Å². The van der Waals surface area contributed by atoms with Gasteiger partial charge in [-0.2, -0.15) is 0 Å². The molecule has 1 N–H and O–H groups in total. The SMILES string of the molecule is [C-]#[N+]c1cc(-c2nc3c(C)cc(OCCNS(=O)(=O)c4ccc(F)cc4)cc3s2)c2ncc(OC)nc2c1. The zero-order valence-electron chi connectivity index (χ0n) is 20.2. The third kappa shape index (κ3) is 5.12. The smallest absolute Gasteiger partial charge is 0.240 e. The number of thiazole rings is 1. The number of hydrogen-bond donors (Lipinski definition) is 1. The van der Waals surface area contributed by atoms with Crippen molar-refractivity contribution in [1.29, 1.82) is 0 Å². The quantitative estimate of drug-likeness (QED) is 0.208. The van der Waals surface area contributed by atoms with E-state index in [1.165, 1.54) is 36.8 Å². The molecule has 0 radical (unpaired) electrons. The van der Waals surface area contributed by atoms with Crippen molar-refractivity contribution in [1.82, 2.24) is 19.7 Å². The molecule has 0 atom stereocenters. The molecule has 38 heavy (non-hydrogen) atoms. The third-order valence-corrected chi connectivity index (χ3v) is 8.14. The Hall–Kier alpha value is -4.18. The van der Waals surface area contributed by atoms with Crippen molar-refractivity contribution in [2.75, 3.05) is 20.3 Å². The topological polar surface area (TPSA) is 108 Å². The average Bonchev–Trinajstić information content (AvgIpc) is 3.35. The molecule has 0 saturated carbocycles. The van der Waals surface area contributed by atoms with Crippen LogP contribution in [0.15, 0.2) is 59.6 Å². The second-order valence-electron chi connectivity index (χ2n) is 8.19. The van der Waals surface area contributed by atoms with Gasteiger partial charge in [0.05, 0.1) is 46.0 Å². The second kappa shape index (κ2) is 10.3. The molecular weight excluding hydrogens is 529 g/mol. The standard InChI is InChI=1S/C26H20FN5O4S2/c1-15-10-18(36-9-8-30-38(33,34)19-6-4-16(27)5-7-19)13-22-24(15)32-26(37-22)20-11-17(28-2)12-21-25(20)29-14-23(31-21)35-3/h4-7,10-14,30H,8-9H2,1,3H3. The molecule has 2 aromatic heterocycles. The molecule has 2 heterocycles. The summed E-state index contributed by atoms with van der Waals surface area (Å²) in [6.07, 6.45) is 1.53. The fraction of sp³-hybridized carbons (Fsp3) is 0.154. The average molecular weight is 550 g/mol. The van der Waals surface area contributed by atoms with Gasteiger partial charge in [-0.25, -0.2) is 37.3 Å². The molecule has 0 fully saturated rings. The number of aryl methyl sites for hydroxylation is 1. The van der Waals surface area contributed by atoms with Crippen molar-refractivity contribution in [3.63, 3.8) is 0 Å². The molecule has 9 nitrogen and oxygen atoms in total. The molecule has 0 aliphatic carbocycles. The molecule has 5 rings (SSSR count). The molecule has 3 aromatic carbocycles. The van der Waals surface area contributed by atoms with Crippen LogP contribution >= 0.6 is 11.3 Å². The number of aromatic nitrogens is 3. The first kappa shape index (κ1) is 25.5. The number of fused-ring (bicyclic) bond motifs is 2. The minimum Gasteiger partial charge on any atom is -0.492 e. The largest absolute Gasteiger partial charge is 0.492 e. The summed E-state index contributed by atoms with van der Waals surface area (Å²) in [4.78, 5) is 17.3. The minimum absolute atomic E-state index is 0.0219. The van der Waals surface area contributed by atoms with Crippen molar-refractivity contribution in [3.05, 3.63) is 77.5 Å². The Morgan fingerprint density at radius 1 is 1.11 bits per heavy atom. The number of halogens is 1. The molecule has 0 bridgehead atoms. The monoisotopic (exact) mass is 549 g/mol. The molecule has 0 aliphatic rings. The number of ether oxygens (including phenoxy) is 2. The molecule has 0 saturated heterocycles. The van der Waals surface area contributed by atoms with Crippen molar-refractivity contribution in [2.45, 2.75) is 11.8 Å². The van der Waals surface area contributed by atoms with Crippen molar-refractivity contribution >= 4 is 48.3 Å². The maximum Gasteiger partial charge on any atom is 0.240 e. The summed E-state index contributed by atoms with van der Waals surface area (Å²) in [6, 6.07) is 11.7. The highest BCUT2D eigenvalue weighted by Crippen LogP contribution is 2.38. The number of nitrogens with zero attached hydrogens (tertiary/aromatic N) is 4. The van der Waals surface area contributed by atoms with Gasteiger partial charge in [-0.3, -0.25) is 0 Å². The molecule has 0 spiro atoms. The molecular formula is C26H20FN5O4S2. The van der Waals surface area contributed by atoms with Crippen LogP contribution in [-0.4, -0.2) is 43.6 Å². The van der Waals surface area contributed by atoms with Crippen molar-refractivity contribution < 1.29 is 22.3 Å². The molecule has 0 unspecified atom stereocenters. The van der Waals surface area contributed by atoms with Gasteiger partial charge in [0.25, 0.3) is 0 Å². The molecule has 0 amide bonds. The van der Waals surface area contributed by atoms with E-state index < -0.39 is 15.8 Å². The lowest BCUT2D eigenvalue weighted by Gasteiger charge is -2.09. The number of methoxy groups -OCH3 is 1. The summed E-state index contributed by atoms with van der Waals surface area (Å²) >= 11 is 1.43. The summed E-state index contributed by atoms with van der Waals surface area (Å²) in [5.74, 6) is 0.410. The maximum atomic E-state index is 13.1. The molecule has 192 valence electrons. The number of hydrogen-bond acceptors (Lipinski definition) is 8. The van der Waals surface area contributed by atoms with Gasteiger partial charge < -0.3 is 9.47 Å². The fourth-order valence-electron chi connectivity index (χ4n) is 3.82. The molecule has 12 heteroatoms. The summed E-state index contributed by atoms with van der Waals surface area (Å²) in [7, 11) is -2.27. The number of sulfonamides is 1. The Bertz CT molecular complexity index is 1820. The van der Waals surface area contributed by atoms with Gasteiger partial charge in [-0.05, 0) is 61.0 Å². The Kier molecular flexibility index (Phi) is 6.90. The van der Waals surface area contributed by atoms with E-state index in [1.807, 2.05) is 19.1 Å². The lowest BCUT2D eigenvalue weighted by atomic mass is 10.1. The van der Waals surface area contributed by atoms with Crippen LogP contribution < -0.4 is 14.2 Å². The maximum absolute atomic E-state index is 13.1. The second-order valence-corrected chi connectivity index (χ2v) is 11.0. The Labute approximate surface area is 221 Å². The summed E-state index contributed by atoms with van der Waals surface area (Å²) in [6.45, 7) is 9.51. The Balaban J connectivity index is 1.37. The van der Waals surface area contributed by atoms with E-state index in [0.29, 0.717) is 38.9 Å². The van der Waals surface area contributed by atoms with Gasteiger partial charge in [-0.1, -0.05) is 0 Å². The lowest BCUT2D eigenvalue weighted by molar-refractivity contribution is 0.323. The summed E-state index contributed by atoms with van der Waals surface area (Å²) in [5.41, 5.74) is 3.93. The van der Waals surface area contributed by atoms with Crippen LogP contribution in [0.2, 0.25) is 0 Å². The Morgan fingerprint density at radius 3 is 2.63 bits per heavy atom. The van der Waals surface area contributed by atoms with Crippen LogP contribution in [0.5, 0.6) is 11.6 Å². The van der Waals surface area contributed by atoms with Crippen LogP contribution in [0.25, 0.3) is 36.7 Å². The van der Waals surface area contributed by atoms with Crippen molar-refractivity contribution in [3.8, 4) is 22.2 Å². The zero-order chi connectivity index (χ0) is 26.9. The normalized spacial score (nSPS) is 11.5. The van der Waals surface area contributed by atoms with E-state index in [-0.39, 0.29) is 18.0 Å². The number of rotatable bonds is 8. The van der Waals surface area contributed by atoms with Crippen LogP contribution in [0.4, 0.5) is 10.1 Å². The minimum atomic E-state index is -3.77. The predicted octanol–water partition coefficient (Wildman–Crippen LogP) is 5.27. The van der Waals surface area contributed by atoms with E-state index in [2.05, 4.69) is 19.5 Å². The highest BCUT2D eigenvalue weighted by molar-refractivity contribution is 7.89. The van der Waals surface area contributed by atoms with Gasteiger partial charge in [0.1, 0.15) is 23.2 Å². The number of benzene rings is 3. The Morgan fingerprint density at radius 2 is 1.89 bits per heavy atom. The predicted molar refractivity (Wildman–Crippen MR) is 143 cm³/mol. The van der Waals surface area contributed by atoms with Gasteiger partial charge in [-0.15, -0.1) is 11.3 Å². The highest BCUT2D eigenvalue weighted by Gasteiger charge is 2.17. The first-order valence-corrected chi connectivity index (χ1v) is 13.6. The number of nitrogens with one attached hydrogen (secondary N) is 1. The summed E-state index contributed by atoms with van der Waals surface area (Å²) in [5, 5.41) is 0.683. The zero-order valence-corrected chi connectivity index (χ0v) is 21.9. The van der Waals surface area contributed by atoms with Crippen molar-refractivity contribution in [2.24, 2.45) is 0 Å². The van der Waals surface area contributed by atoms with E-state index in [4.69, 9.17) is 21.0 Å². The first-order valence-electron chi connectivity index (χ1n) is 11.3. The first-order chi connectivity index (χ1) is 18.3. The van der Waals surface area contributed by atoms with Crippen LogP contribution in [-0.2, 0) is 10.0 Å². The highest BCUT2D eigenvalue weighted by atomic mass is 32.2. The van der Waals surface area contributed by atoms with Gasteiger partial charge in [0.2, 0.25) is 15.9 Å². The van der Waals surface area contributed by atoms with E-state index >= 15 is 0 Å². The summed E-state index contributed by atoms with van der Waals surface area (Å²) < 4.78 is 52.1. The van der Waals surface area contributed by atoms with E-state index in [1.54, 1.807) is 12.1 Å². The third-order valence-electron chi connectivity index (χ3n) is 5.62. The van der Waals surface area contributed by atoms with Gasteiger partial charge in [0.15, 0.2) is 5.69 Å². The molecule has 5 aromatic rings. The van der Waals surface area contributed by atoms with Crippen LogP contribution in [0, 0.1) is 19.3 Å². The van der Waals surface area contributed by atoms with Crippen LogP contribution in [0.1, 0.15) is 5.56 Å². The van der Waals surface area contributed by atoms with Gasteiger partial charge in [0, 0.05) is 12.1 Å². The van der Waals surface area contributed by atoms with E-state index in [9.17, 15) is 12.8 Å². The molecule has 0 aliphatic heterocycles.